The molecule has 176 valence electrons. The number of ether oxygens (including phenoxy) is 2. The summed E-state index contributed by atoms with van der Waals surface area (Å²) < 4.78 is 10.6. The lowest BCUT2D eigenvalue weighted by molar-refractivity contribution is -0.144. The second-order valence-electron chi connectivity index (χ2n) is 7.95. The van der Waals surface area contributed by atoms with Gasteiger partial charge in [-0.1, -0.05) is 61.9 Å². The number of nitrogens with one attached hydrogen (secondary N) is 2. The molecule has 8 nitrogen and oxygen atoms in total. The highest BCUT2D eigenvalue weighted by Crippen LogP contribution is 2.44. The van der Waals surface area contributed by atoms with Crippen molar-refractivity contribution in [1.82, 2.24) is 10.6 Å². The molecule has 0 heterocycles. The van der Waals surface area contributed by atoms with Crippen LogP contribution >= 0.6 is 0 Å². The van der Waals surface area contributed by atoms with E-state index in [1.54, 1.807) is 0 Å². The zero-order valence-electron chi connectivity index (χ0n) is 18.9. The Bertz CT molecular complexity index is 947. The van der Waals surface area contributed by atoms with Crippen LogP contribution < -0.4 is 10.6 Å². The Hall–Kier alpha value is -3.39. The summed E-state index contributed by atoms with van der Waals surface area (Å²) >= 11 is 0. The molecule has 0 saturated heterocycles. The van der Waals surface area contributed by atoms with Crippen LogP contribution in [0.3, 0.4) is 0 Å². The van der Waals surface area contributed by atoms with Crippen LogP contribution in [-0.2, 0) is 19.1 Å². The van der Waals surface area contributed by atoms with Gasteiger partial charge in [0.2, 0.25) is 5.91 Å². The molecule has 33 heavy (non-hydrogen) atoms. The van der Waals surface area contributed by atoms with Crippen molar-refractivity contribution in [1.29, 1.82) is 0 Å². The zero-order chi connectivity index (χ0) is 23.8. The summed E-state index contributed by atoms with van der Waals surface area (Å²) in [7, 11) is 1.37. The molecule has 0 spiro atoms. The van der Waals surface area contributed by atoms with Crippen molar-refractivity contribution in [2.24, 2.45) is 0 Å². The van der Waals surface area contributed by atoms with Gasteiger partial charge in [-0.05, 0) is 28.7 Å². The SMILES string of the molecule is CCC[C@H](NC(=O)C(CCNC(=O)OCC1c2ccccc2-c2ccccc21)OC)C(=O)O. The topological polar surface area (TPSA) is 114 Å². The molecule has 0 bridgehead atoms. The molecule has 8 heteroatoms. The summed E-state index contributed by atoms with van der Waals surface area (Å²) in [6.45, 7) is 2.19. The molecule has 2 amide bonds. The molecule has 0 saturated carbocycles. The van der Waals surface area contributed by atoms with E-state index in [-0.39, 0.29) is 25.5 Å². The molecule has 0 aromatic heterocycles. The fraction of sp³-hybridized carbons (Fsp3) is 0.400. The summed E-state index contributed by atoms with van der Waals surface area (Å²) in [5, 5.41) is 14.3. The molecule has 1 aliphatic rings. The number of hydrogen-bond donors (Lipinski definition) is 3. The van der Waals surface area contributed by atoms with Gasteiger partial charge in [-0.15, -0.1) is 0 Å². The molecular formula is C25H30N2O6. The fourth-order valence-corrected chi connectivity index (χ4v) is 4.12. The first-order chi connectivity index (χ1) is 16.0. The third-order valence-corrected chi connectivity index (χ3v) is 5.79. The number of carboxylic acids is 1. The first-order valence-electron chi connectivity index (χ1n) is 11.1. The smallest absolute Gasteiger partial charge is 0.407 e. The van der Waals surface area contributed by atoms with Gasteiger partial charge in [-0.3, -0.25) is 4.79 Å². The van der Waals surface area contributed by atoms with E-state index in [1.165, 1.54) is 7.11 Å². The van der Waals surface area contributed by atoms with Crippen LogP contribution in [0.25, 0.3) is 11.1 Å². The molecular weight excluding hydrogens is 424 g/mol. The van der Waals surface area contributed by atoms with Crippen LogP contribution in [0.2, 0.25) is 0 Å². The van der Waals surface area contributed by atoms with Gasteiger partial charge in [-0.2, -0.15) is 0 Å². The lowest BCUT2D eigenvalue weighted by atomic mass is 9.98. The van der Waals surface area contributed by atoms with E-state index in [2.05, 4.69) is 22.8 Å². The molecule has 2 aromatic rings. The normalized spacial score (nSPS) is 14.0. The highest BCUT2D eigenvalue weighted by Gasteiger charge is 2.29. The van der Waals surface area contributed by atoms with Crippen molar-refractivity contribution in [3.05, 3.63) is 59.7 Å². The van der Waals surface area contributed by atoms with Crippen molar-refractivity contribution >= 4 is 18.0 Å². The Kier molecular flexibility index (Phi) is 8.43. The van der Waals surface area contributed by atoms with Crippen molar-refractivity contribution in [3.63, 3.8) is 0 Å². The molecule has 1 unspecified atom stereocenters. The Morgan fingerprint density at radius 3 is 2.15 bits per heavy atom. The number of methoxy groups -OCH3 is 1. The lowest BCUT2D eigenvalue weighted by Crippen LogP contribution is -2.46. The standard InChI is InChI=1S/C25H30N2O6/c1-3-8-21(24(29)30)27-23(28)22(32-2)13-14-26-25(31)33-15-20-18-11-6-4-9-16(18)17-10-5-7-12-19(17)20/h4-7,9-12,20-22H,3,8,13-15H2,1-2H3,(H,26,31)(H,27,28)(H,29,30)/t21-,22?/m0/s1. The van der Waals surface area contributed by atoms with Gasteiger partial charge in [0.25, 0.3) is 0 Å². The van der Waals surface area contributed by atoms with Crippen LogP contribution in [0.15, 0.2) is 48.5 Å². The highest BCUT2D eigenvalue weighted by molar-refractivity contribution is 5.86. The second kappa shape index (κ2) is 11.5. The Balaban J connectivity index is 1.49. The number of carboxylic acid groups (broad SMARTS) is 1. The van der Waals surface area contributed by atoms with E-state index in [4.69, 9.17) is 9.47 Å². The summed E-state index contributed by atoms with van der Waals surface area (Å²) in [5.41, 5.74) is 4.56. The number of alkyl carbamates (subject to hydrolysis) is 1. The highest BCUT2D eigenvalue weighted by atomic mass is 16.5. The maximum atomic E-state index is 12.3. The lowest BCUT2D eigenvalue weighted by Gasteiger charge is -2.19. The maximum absolute atomic E-state index is 12.3. The molecule has 1 aliphatic carbocycles. The van der Waals surface area contributed by atoms with E-state index in [1.807, 2.05) is 43.3 Å². The molecule has 2 atom stereocenters. The average Bonchev–Trinajstić information content (AvgIpc) is 3.13. The van der Waals surface area contributed by atoms with Gasteiger partial charge in [0, 0.05) is 26.0 Å². The van der Waals surface area contributed by atoms with E-state index in [0.717, 1.165) is 22.3 Å². The number of aliphatic carboxylic acids is 1. The predicted octanol–water partition coefficient (Wildman–Crippen LogP) is 3.30. The van der Waals surface area contributed by atoms with E-state index in [9.17, 15) is 19.5 Å². The van der Waals surface area contributed by atoms with Crippen molar-refractivity contribution < 1.29 is 29.0 Å². The Morgan fingerprint density at radius 1 is 1.00 bits per heavy atom. The predicted molar refractivity (Wildman–Crippen MR) is 123 cm³/mol. The summed E-state index contributed by atoms with van der Waals surface area (Å²) in [5.74, 6) is -1.64. The summed E-state index contributed by atoms with van der Waals surface area (Å²) in [6.07, 6.45) is -0.322. The summed E-state index contributed by atoms with van der Waals surface area (Å²) in [4.78, 5) is 35.8. The molecule has 0 aliphatic heterocycles. The van der Waals surface area contributed by atoms with Gasteiger partial charge in [0.15, 0.2) is 0 Å². The number of rotatable bonds is 11. The van der Waals surface area contributed by atoms with Crippen molar-refractivity contribution in [3.8, 4) is 11.1 Å². The number of carbonyl (C=O) groups is 3. The number of benzene rings is 2. The maximum Gasteiger partial charge on any atom is 0.407 e. The minimum Gasteiger partial charge on any atom is -0.480 e. The second-order valence-corrected chi connectivity index (χ2v) is 7.95. The van der Waals surface area contributed by atoms with E-state index < -0.39 is 30.1 Å². The summed E-state index contributed by atoms with van der Waals surface area (Å²) in [6, 6.07) is 15.2. The third-order valence-electron chi connectivity index (χ3n) is 5.79. The largest absolute Gasteiger partial charge is 0.480 e. The third kappa shape index (κ3) is 5.90. The zero-order valence-corrected chi connectivity index (χ0v) is 18.9. The fourth-order valence-electron chi connectivity index (χ4n) is 4.12. The molecule has 2 aromatic carbocycles. The number of carbonyl (C=O) groups excluding carboxylic acids is 2. The molecule has 3 N–H and O–H groups in total. The van der Waals surface area contributed by atoms with E-state index in [0.29, 0.717) is 12.8 Å². The minimum absolute atomic E-state index is 0.0350. The van der Waals surface area contributed by atoms with Crippen LogP contribution in [0.1, 0.15) is 43.2 Å². The first-order valence-corrected chi connectivity index (χ1v) is 11.1. The quantitative estimate of drug-likeness (QED) is 0.480. The van der Waals surface area contributed by atoms with Crippen LogP contribution in [0.4, 0.5) is 4.79 Å². The van der Waals surface area contributed by atoms with Gasteiger partial charge in [-0.25, -0.2) is 9.59 Å². The Labute approximate surface area is 193 Å². The minimum atomic E-state index is -1.09. The van der Waals surface area contributed by atoms with Crippen LogP contribution in [0.5, 0.6) is 0 Å². The van der Waals surface area contributed by atoms with Crippen LogP contribution in [0, 0.1) is 0 Å². The van der Waals surface area contributed by atoms with Crippen LogP contribution in [-0.4, -0.2) is 55.5 Å². The monoisotopic (exact) mass is 454 g/mol. The number of amides is 2. The van der Waals surface area contributed by atoms with Gasteiger partial charge >= 0.3 is 12.1 Å². The van der Waals surface area contributed by atoms with Crippen molar-refractivity contribution in [2.45, 2.75) is 44.2 Å². The van der Waals surface area contributed by atoms with Gasteiger partial charge in [0.1, 0.15) is 18.8 Å². The average molecular weight is 455 g/mol. The first kappa shape index (κ1) is 24.3. The molecule has 0 radical (unpaired) electrons. The molecule has 0 fully saturated rings. The van der Waals surface area contributed by atoms with E-state index >= 15 is 0 Å². The van der Waals surface area contributed by atoms with Crippen molar-refractivity contribution in [2.75, 3.05) is 20.3 Å². The van der Waals surface area contributed by atoms with Gasteiger partial charge < -0.3 is 25.2 Å². The number of hydrogen-bond acceptors (Lipinski definition) is 5. The number of fused-ring (bicyclic) bond motifs is 3. The van der Waals surface area contributed by atoms with Gasteiger partial charge in [0.05, 0.1) is 0 Å². The molecule has 3 rings (SSSR count). The Morgan fingerprint density at radius 2 is 1.61 bits per heavy atom.